The first-order valence-electron chi connectivity index (χ1n) is 7.93. The largest absolute Gasteiger partial charge is 0.507 e. The number of carbonyl (C=O) groups is 2. The van der Waals surface area contributed by atoms with Crippen LogP contribution in [-0.2, 0) is 9.53 Å². The third-order valence-electron chi connectivity index (χ3n) is 3.73. The highest BCUT2D eigenvalue weighted by atomic mass is 79.9. The normalized spacial score (nSPS) is 15.9. The average Bonchev–Trinajstić information content (AvgIpc) is 2.49. The predicted molar refractivity (Wildman–Crippen MR) is 95.0 cm³/mol. The standard InChI is InChI=1S/C17H23BrN2O4/c1-17(2,3)24-16(23)20-8-6-11(7-9-20)15(22)19-12-4-5-13(18)14(21)10-12/h4-5,10-11,21H,6-9H2,1-3H3,(H,19,22). The smallest absolute Gasteiger partial charge is 0.410 e. The molecule has 0 radical (unpaired) electrons. The van der Waals surface area contributed by atoms with E-state index in [1.807, 2.05) is 20.8 Å². The average molecular weight is 399 g/mol. The van der Waals surface area contributed by atoms with Gasteiger partial charge in [0.2, 0.25) is 5.91 Å². The highest BCUT2D eigenvalue weighted by molar-refractivity contribution is 9.10. The van der Waals surface area contributed by atoms with Crippen LogP contribution in [0.5, 0.6) is 5.75 Å². The maximum atomic E-state index is 12.3. The monoisotopic (exact) mass is 398 g/mol. The first kappa shape index (κ1) is 18.6. The Bertz CT molecular complexity index is 620. The van der Waals surface area contributed by atoms with Gasteiger partial charge in [-0.15, -0.1) is 0 Å². The molecule has 1 fully saturated rings. The fourth-order valence-corrected chi connectivity index (χ4v) is 2.73. The van der Waals surface area contributed by atoms with Crippen LogP contribution in [0.25, 0.3) is 0 Å². The SMILES string of the molecule is CC(C)(C)OC(=O)N1CCC(C(=O)Nc2ccc(Br)c(O)c2)CC1. The van der Waals surface area contributed by atoms with Crippen LogP contribution in [0.3, 0.4) is 0 Å². The van der Waals surface area contributed by atoms with Gasteiger partial charge in [-0.2, -0.15) is 0 Å². The summed E-state index contributed by atoms with van der Waals surface area (Å²) in [6.45, 7) is 6.49. The number of likely N-dealkylation sites (tertiary alicyclic amines) is 1. The molecule has 2 N–H and O–H groups in total. The third-order valence-corrected chi connectivity index (χ3v) is 4.40. The zero-order chi connectivity index (χ0) is 17.9. The molecule has 2 amide bonds. The first-order chi connectivity index (χ1) is 11.2. The van der Waals surface area contributed by atoms with Crippen molar-refractivity contribution in [2.75, 3.05) is 18.4 Å². The van der Waals surface area contributed by atoms with E-state index in [-0.39, 0.29) is 23.7 Å². The molecule has 1 heterocycles. The minimum absolute atomic E-state index is 0.0764. The van der Waals surface area contributed by atoms with Gasteiger partial charge >= 0.3 is 6.09 Å². The Morgan fingerprint density at radius 2 is 1.92 bits per heavy atom. The molecule has 1 saturated heterocycles. The summed E-state index contributed by atoms with van der Waals surface area (Å²) in [5, 5.41) is 12.5. The van der Waals surface area contributed by atoms with Crippen molar-refractivity contribution in [3.63, 3.8) is 0 Å². The van der Waals surface area contributed by atoms with Crippen LogP contribution in [-0.4, -0.2) is 40.7 Å². The number of phenolic OH excluding ortho intramolecular Hbond substituents is 1. The van der Waals surface area contributed by atoms with E-state index in [0.29, 0.717) is 36.1 Å². The van der Waals surface area contributed by atoms with Crippen LogP contribution in [0.4, 0.5) is 10.5 Å². The van der Waals surface area contributed by atoms with E-state index in [1.54, 1.807) is 17.0 Å². The molecule has 0 unspecified atom stereocenters. The summed E-state index contributed by atoms with van der Waals surface area (Å²) in [6, 6.07) is 4.89. The van der Waals surface area contributed by atoms with E-state index >= 15 is 0 Å². The lowest BCUT2D eigenvalue weighted by atomic mass is 9.96. The zero-order valence-corrected chi connectivity index (χ0v) is 15.7. The summed E-state index contributed by atoms with van der Waals surface area (Å²) in [5.41, 5.74) is 0.0322. The van der Waals surface area contributed by atoms with Gasteiger partial charge in [-0.25, -0.2) is 4.79 Å². The van der Waals surface area contributed by atoms with Gasteiger partial charge in [0.25, 0.3) is 0 Å². The summed E-state index contributed by atoms with van der Waals surface area (Å²) >= 11 is 3.20. The van der Waals surface area contributed by atoms with Crippen LogP contribution in [0.15, 0.2) is 22.7 Å². The van der Waals surface area contributed by atoms with Gasteiger partial charge in [-0.3, -0.25) is 4.79 Å². The number of halogens is 1. The fraction of sp³-hybridized carbons (Fsp3) is 0.529. The van der Waals surface area contributed by atoms with E-state index in [9.17, 15) is 14.7 Å². The molecule has 1 aliphatic rings. The number of hydrogen-bond acceptors (Lipinski definition) is 4. The molecule has 7 heteroatoms. The number of anilines is 1. The molecule has 1 aromatic rings. The van der Waals surface area contributed by atoms with Crippen LogP contribution in [0.1, 0.15) is 33.6 Å². The summed E-state index contributed by atoms with van der Waals surface area (Å²) in [7, 11) is 0. The van der Waals surface area contributed by atoms with Gasteiger partial charge < -0.3 is 20.1 Å². The maximum absolute atomic E-state index is 12.3. The highest BCUT2D eigenvalue weighted by Gasteiger charge is 2.29. The Morgan fingerprint density at radius 3 is 2.46 bits per heavy atom. The Hall–Kier alpha value is -1.76. The second-order valence-corrected chi connectivity index (χ2v) is 7.75. The summed E-state index contributed by atoms with van der Waals surface area (Å²) in [6.07, 6.45) is 0.848. The number of ether oxygens (including phenoxy) is 1. The fourth-order valence-electron chi connectivity index (χ4n) is 2.49. The number of amides is 2. The number of nitrogens with one attached hydrogen (secondary N) is 1. The Labute approximate surface area is 150 Å². The molecular formula is C17H23BrN2O4. The van der Waals surface area contributed by atoms with Gasteiger partial charge in [0.15, 0.2) is 0 Å². The van der Waals surface area contributed by atoms with Crippen molar-refractivity contribution in [2.45, 2.75) is 39.2 Å². The second-order valence-electron chi connectivity index (χ2n) is 6.90. The molecule has 1 aliphatic heterocycles. The molecule has 0 atom stereocenters. The van der Waals surface area contributed by atoms with Crippen molar-refractivity contribution >= 4 is 33.6 Å². The van der Waals surface area contributed by atoms with Crippen molar-refractivity contribution in [1.29, 1.82) is 0 Å². The number of nitrogens with zero attached hydrogens (tertiary/aromatic N) is 1. The van der Waals surface area contributed by atoms with E-state index < -0.39 is 5.60 Å². The highest BCUT2D eigenvalue weighted by Crippen LogP contribution is 2.28. The molecular weight excluding hydrogens is 376 g/mol. The topological polar surface area (TPSA) is 78.9 Å². The van der Waals surface area contributed by atoms with E-state index in [2.05, 4.69) is 21.2 Å². The van der Waals surface area contributed by atoms with Gasteiger partial charge in [0, 0.05) is 30.8 Å². The molecule has 6 nitrogen and oxygen atoms in total. The second kappa shape index (κ2) is 7.42. The molecule has 132 valence electrons. The summed E-state index contributed by atoms with van der Waals surface area (Å²) in [4.78, 5) is 26.0. The number of benzene rings is 1. The van der Waals surface area contributed by atoms with E-state index in [0.717, 1.165) is 0 Å². The molecule has 1 aromatic carbocycles. The number of rotatable bonds is 2. The first-order valence-corrected chi connectivity index (χ1v) is 8.72. The van der Waals surface area contributed by atoms with Gasteiger partial charge in [0.1, 0.15) is 11.4 Å². The molecule has 0 bridgehead atoms. The van der Waals surface area contributed by atoms with Crippen molar-refractivity contribution in [1.82, 2.24) is 4.90 Å². The lowest BCUT2D eigenvalue weighted by Crippen LogP contribution is -2.43. The van der Waals surface area contributed by atoms with E-state index in [1.165, 1.54) is 6.07 Å². The predicted octanol–water partition coefficient (Wildman–Crippen LogP) is 3.74. The molecule has 2 rings (SSSR count). The van der Waals surface area contributed by atoms with E-state index in [4.69, 9.17) is 4.74 Å². The van der Waals surface area contributed by atoms with Gasteiger partial charge in [-0.05, 0) is 61.7 Å². The van der Waals surface area contributed by atoms with Crippen molar-refractivity contribution in [3.05, 3.63) is 22.7 Å². The van der Waals surface area contributed by atoms with Crippen molar-refractivity contribution in [2.24, 2.45) is 5.92 Å². The Balaban J connectivity index is 1.86. The number of phenols is 1. The summed E-state index contributed by atoms with van der Waals surface area (Å²) in [5.74, 6) is -0.178. The van der Waals surface area contributed by atoms with Crippen LogP contribution >= 0.6 is 15.9 Å². The molecule has 0 aliphatic carbocycles. The maximum Gasteiger partial charge on any atom is 0.410 e. The quantitative estimate of drug-likeness (QED) is 0.794. The third kappa shape index (κ3) is 5.12. The van der Waals surface area contributed by atoms with Crippen molar-refractivity contribution < 1.29 is 19.4 Å². The lowest BCUT2D eigenvalue weighted by Gasteiger charge is -2.32. The molecule has 0 spiro atoms. The number of piperidine rings is 1. The summed E-state index contributed by atoms with van der Waals surface area (Å²) < 4.78 is 5.92. The van der Waals surface area contributed by atoms with Crippen LogP contribution in [0, 0.1) is 5.92 Å². The minimum Gasteiger partial charge on any atom is -0.507 e. The lowest BCUT2D eigenvalue weighted by molar-refractivity contribution is -0.121. The zero-order valence-electron chi connectivity index (χ0n) is 14.1. The molecule has 0 saturated carbocycles. The number of aromatic hydroxyl groups is 1. The Kier molecular flexibility index (Phi) is 5.74. The van der Waals surface area contributed by atoms with Gasteiger partial charge in [0.05, 0.1) is 4.47 Å². The van der Waals surface area contributed by atoms with Crippen molar-refractivity contribution in [3.8, 4) is 5.75 Å². The van der Waals surface area contributed by atoms with Crippen LogP contribution < -0.4 is 5.32 Å². The van der Waals surface area contributed by atoms with Gasteiger partial charge in [-0.1, -0.05) is 0 Å². The minimum atomic E-state index is -0.519. The molecule has 24 heavy (non-hydrogen) atoms. The number of carbonyl (C=O) groups excluding carboxylic acids is 2. The number of hydrogen-bond donors (Lipinski definition) is 2. The van der Waals surface area contributed by atoms with Crippen LogP contribution in [0.2, 0.25) is 0 Å². The Morgan fingerprint density at radius 1 is 1.29 bits per heavy atom. The molecule has 0 aromatic heterocycles.